The Hall–Kier alpha value is -0.610. The van der Waals surface area contributed by atoms with Crippen molar-refractivity contribution in [1.82, 2.24) is 10.3 Å². The van der Waals surface area contributed by atoms with Crippen LogP contribution in [-0.4, -0.2) is 24.6 Å². The molecular formula is C13H25N3S. The summed E-state index contributed by atoms with van der Waals surface area (Å²) in [5.74, 6) is 0.730. The second-order valence-electron chi connectivity index (χ2n) is 4.99. The number of nitrogens with zero attached hydrogens (tertiary/aromatic N) is 2. The van der Waals surface area contributed by atoms with Crippen molar-refractivity contribution in [1.29, 1.82) is 0 Å². The zero-order chi connectivity index (χ0) is 12.8. The third-order valence-electron chi connectivity index (χ3n) is 2.87. The van der Waals surface area contributed by atoms with E-state index in [2.05, 4.69) is 55.3 Å². The molecule has 0 amide bonds. The summed E-state index contributed by atoms with van der Waals surface area (Å²) in [4.78, 5) is 6.95. The zero-order valence-corrected chi connectivity index (χ0v) is 12.5. The first-order chi connectivity index (χ1) is 8.04. The first-order valence-electron chi connectivity index (χ1n) is 6.42. The van der Waals surface area contributed by atoms with Crippen LogP contribution in [0.5, 0.6) is 0 Å². The predicted molar refractivity (Wildman–Crippen MR) is 76.8 cm³/mol. The van der Waals surface area contributed by atoms with Gasteiger partial charge in [0.1, 0.15) is 0 Å². The minimum absolute atomic E-state index is 0.549. The molecule has 1 aromatic rings. The van der Waals surface area contributed by atoms with Gasteiger partial charge in [0.25, 0.3) is 0 Å². The van der Waals surface area contributed by atoms with Crippen molar-refractivity contribution in [2.45, 2.75) is 46.7 Å². The van der Waals surface area contributed by atoms with Gasteiger partial charge < -0.3 is 10.2 Å². The minimum atomic E-state index is 0.549. The van der Waals surface area contributed by atoms with Crippen LogP contribution in [0.25, 0.3) is 0 Å². The SMILES string of the molecule is CCNCc1csc(N(C)C(C)CC(C)C)n1. The van der Waals surface area contributed by atoms with Crippen molar-refractivity contribution >= 4 is 16.5 Å². The highest BCUT2D eigenvalue weighted by Gasteiger charge is 2.14. The predicted octanol–water partition coefficient (Wildman–Crippen LogP) is 3.12. The first-order valence-corrected chi connectivity index (χ1v) is 7.30. The standard InChI is InChI=1S/C13H25N3S/c1-6-14-8-12-9-17-13(15-12)16(5)11(4)7-10(2)3/h9-11,14H,6-8H2,1-5H3. The molecule has 0 bridgehead atoms. The number of nitrogens with one attached hydrogen (secondary N) is 1. The van der Waals surface area contributed by atoms with Crippen molar-refractivity contribution in [2.75, 3.05) is 18.5 Å². The molecule has 0 spiro atoms. The molecule has 1 rings (SSSR count). The molecule has 1 N–H and O–H groups in total. The lowest BCUT2D eigenvalue weighted by molar-refractivity contribution is 0.503. The number of hydrogen-bond acceptors (Lipinski definition) is 4. The molecule has 1 heterocycles. The van der Waals surface area contributed by atoms with Gasteiger partial charge in [-0.1, -0.05) is 20.8 Å². The summed E-state index contributed by atoms with van der Waals surface area (Å²) in [7, 11) is 2.14. The molecule has 17 heavy (non-hydrogen) atoms. The molecule has 1 unspecified atom stereocenters. The molecule has 0 aromatic carbocycles. The van der Waals surface area contributed by atoms with Crippen LogP contribution in [-0.2, 0) is 6.54 Å². The van der Waals surface area contributed by atoms with E-state index in [0.717, 1.165) is 29.8 Å². The van der Waals surface area contributed by atoms with Crippen LogP contribution in [0.2, 0.25) is 0 Å². The van der Waals surface area contributed by atoms with Crippen LogP contribution >= 0.6 is 11.3 Å². The molecule has 1 atom stereocenters. The number of anilines is 1. The zero-order valence-electron chi connectivity index (χ0n) is 11.7. The van der Waals surface area contributed by atoms with Crippen LogP contribution in [0.1, 0.15) is 39.8 Å². The average molecular weight is 255 g/mol. The van der Waals surface area contributed by atoms with E-state index < -0.39 is 0 Å². The molecule has 0 fully saturated rings. The summed E-state index contributed by atoms with van der Waals surface area (Å²) in [6.45, 7) is 10.8. The Morgan fingerprint density at radius 2 is 2.12 bits per heavy atom. The molecule has 1 aromatic heterocycles. The van der Waals surface area contributed by atoms with E-state index in [1.54, 1.807) is 11.3 Å². The van der Waals surface area contributed by atoms with E-state index in [9.17, 15) is 0 Å². The van der Waals surface area contributed by atoms with E-state index in [1.807, 2.05) is 0 Å². The number of hydrogen-bond donors (Lipinski definition) is 1. The molecule has 0 aliphatic heterocycles. The molecule has 0 saturated heterocycles. The molecule has 0 radical (unpaired) electrons. The third kappa shape index (κ3) is 4.64. The Bertz CT molecular complexity index is 322. The molecule has 0 aliphatic carbocycles. The minimum Gasteiger partial charge on any atom is -0.348 e. The van der Waals surface area contributed by atoms with Gasteiger partial charge in [0.15, 0.2) is 5.13 Å². The summed E-state index contributed by atoms with van der Waals surface area (Å²) in [5.41, 5.74) is 1.15. The maximum absolute atomic E-state index is 4.66. The lowest BCUT2D eigenvalue weighted by atomic mass is 10.0. The van der Waals surface area contributed by atoms with E-state index >= 15 is 0 Å². The van der Waals surface area contributed by atoms with Crippen LogP contribution < -0.4 is 10.2 Å². The number of thiazole rings is 1. The van der Waals surface area contributed by atoms with E-state index in [1.165, 1.54) is 6.42 Å². The molecule has 4 heteroatoms. The van der Waals surface area contributed by atoms with Gasteiger partial charge in [-0.3, -0.25) is 0 Å². The van der Waals surface area contributed by atoms with Gasteiger partial charge in [-0.05, 0) is 25.8 Å². The van der Waals surface area contributed by atoms with Gasteiger partial charge in [0.05, 0.1) is 5.69 Å². The summed E-state index contributed by atoms with van der Waals surface area (Å²) >= 11 is 1.74. The van der Waals surface area contributed by atoms with Crippen LogP contribution in [0, 0.1) is 5.92 Å². The highest BCUT2D eigenvalue weighted by atomic mass is 32.1. The first kappa shape index (κ1) is 14.5. The molecule has 0 aliphatic rings. The van der Waals surface area contributed by atoms with Gasteiger partial charge in [-0.2, -0.15) is 0 Å². The van der Waals surface area contributed by atoms with Crippen molar-refractivity contribution in [3.8, 4) is 0 Å². The highest BCUT2D eigenvalue weighted by molar-refractivity contribution is 7.13. The Morgan fingerprint density at radius 1 is 1.41 bits per heavy atom. The fourth-order valence-corrected chi connectivity index (χ4v) is 2.72. The summed E-state index contributed by atoms with van der Waals surface area (Å²) in [6, 6.07) is 0.549. The fourth-order valence-electron chi connectivity index (χ4n) is 1.82. The van der Waals surface area contributed by atoms with E-state index in [0.29, 0.717) is 6.04 Å². The van der Waals surface area contributed by atoms with Crippen LogP contribution in [0.3, 0.4) is 0 Å². The monoisotopic (exact) mass is 255 g/mol. The average Bonchev–Trinajstić information content (AvgIpc) is 2.72. The van der Waals surface area contributed by atoms with Gasteiger partial charge in [-0.15, -0.1) is 11.3 Å². The van der Waals surface area contributed by atoms with Gasteiger partial charge in [-0.25, -0.2) is 4.98 Å². The second kappa shape index (κ2) is 6.97. The maximum Gasteiger partial charge on any atom is 0.185 e. The summed E-state index contributed by atoms with van der Waals surface area (Å²) in [6.07, 6.45) is 1.21. The summed E-state index contributed by atoms with van der Waals surface area (Å²) in [5, 5.41) is 6.58. The summed E-state index contributed by atoms with van der Waals surface area (Å²) < 4.78 is 0. The smallest absolute Gasteiger partial charge is 0.185 e. The van der Waals surface area contributed by atoms with Crippen molar-refractivity contribution < 1.29 is 0 Å². The quantitative estimate of drug-likeness (QED) is 0.811. The van der Waals surface area contributed by atoms with E-state index in [-0.39, 0.29) is 0 Å². The lowest BCUT2D eigenvalue weighted by Crippen LogP contribution is -2.30. The Labute approximate surface area is 109 Å². The Morgan fingerprint density at radius 3 is 2.71 bits per heavy atom. The molecule has 3 nitrogen and oxygen atoms in total. The van der Waals surface area contributed by atoms with Crippen LogP contribution in [0.15, 0.2) is 5.38 Å². The van der Waals surface area contributed by atoms with Gasteiger partial charge >= 0.3 is 0 Å². The number of rotatable bonds is 7. The third-order valence-corrected chi connectivity index (χ3v) is 3.85. The number of aromatic nitrogens is 1. The normalized spacial score (nSPS) is 13.1. The topological polar surface area (TPSA) is 28.2 Å². The van der Waals surface area contributed by atoms with Gasteiger partial charge in [0.2, 0.25) is 0 Å². The highest BCUT2D eigenvalue weighted by Crippen LogP contribution is 2.23. The second-order valence-corrected chi connectivity index (χ2v) is 5.83. The van der Waals surface area contributed by atoms with Gasteiger partial charge in [0, 0.05) is 25.0 Å². The molecular weight excluding hydrogens is 230 g/mol. The fraction of sp³-hybridized carbons (Fsp3) is 0.769. The largest absolute Gasteiger partial charge is 0.348 e. The maximum atomic E-state index is 4.66. The van der Waals surface area contributed by atoms with E-state index in [4.69, 9.17) is 0 Å². The Balaban J connectivity index is 2.56. The van der Waals surface area contributed by atoms with Crippen molar-refractivity contribution in [3.63, 3.8) is 0 Å². The molecule has 0 saturated carbocycles. The van der Waals surface area contributed by atoms with Crippen molar-refractivity contribution in [3.05, 3.63) is 11.1 Å². The van der Waals surface area contributed by atoms with Crippen LogP contribution in [0.4, 0.5) is 5.13 Å². The Kier molecular flexibility index (Phi) is 5.92. The lowest BCUT2D eigenvalue weighted by Gasteiger charge is -2.25. The molecule has 98 valence electrons. The van der Waals surface area contributed by atoms with Crippen molar-refractivity contribution in [2.24, 2.45) is 5.92 Å².